The van der Waals surface area contributed by atoms with Crippen molar-refractivity contribution in [3.8, 4) is 11.5 Å². The van der Waals surface area contributed by atoms with E-state index in [1.54, 1.807) is 0 Å². The monoisotopic (exact) mass is 404 g/mol. The maximum atomic E-state index is 11.7. The van der Waals surface area contributed by atoms with E-state index in [9.17, 15) is 9.59 Å². The molecular formula is C16H8Cl4O4. The van der Waals surface area contributed by atoms with Crippen molar-refractivity contribution >= 4 is 58.3 Å². The van der Waals surface area contributed by atoms with Crippen LogP contribution in [0.4, 0.5) is 0 Å². The van der Waals surface area contributed by atoms with E-state index >= 15 is 0 Å². The van der Waals surface area contributed by atoms with Crippen LogP contribution in [-0.4, -0.2) is 11.9 Å². The predicted octanol–water partition coefficient (Wildman–Crippen LogP) is 5.37. The maximum Gasteiger partial charge on any atom is 0.336 e. The molecule has 124 valence electrons. The first kappa shape index (κ1) is 18.6. The van der Waals surface area contributed by atoms with Crippen molar-refractivity contribution in [3.05, 3.63) is 68.6 Å². The van der Waals surface area contributed by atoms with Crippen LogP contribution in [0.1, 0.15) is 0 Å². The lowest BCUT2D eigenvalue weighted by molar-refractivity contribution is -0.131. The average Bonchev–Trinajstić information content (AvgIpc) is 2.51. The minimum atomic E-state index is -0.807. The lowest BCUT2D eigenvalue weighted by Gasteiger charge is -2.05. The zero-order chi connectivity index (χ0) is 17.7. The highest BCUT2D eigenvalue weighted by molar-refractivity contribution is 6.36. The second-order valence-electron chi connectivity index (χ2n) is 4.33. The highest BCUT2D eigenvalue weighted by Gasteiger charge is 2.09. The number of rotatable bonds is 4. The zero-order valence-corrected chi connectivity index (χ0v) is 14.8. The first-order valence-corrected chi connectivity index (χ1v) is 7.88. The summed E-state index contributed by atoms with van der Waals surface area (Å²) in [7, 11) is 0. The van der Waals surface area contributed by atoms with Crippen molar-refractivity contribution in [1.82, 2.24) is 0 Å². The van der Waals surface area contributed by atoms with E-state index in [2.05, 4.69) is 0 Å². The molecule has 0 N–H and O–H groups in total. The fourth-order valence-corrected chi connectivity index (χ4v) is 2.43. The molecule has 0 aliphatic heterocycles. The Labute approximate surface area is 157 Å². The Bertz CT molecular complexity index is 750. The topological polar surface area (TPSA) is 52.6 Å². The van der Waals surface area contributed by atoms with Gasteiger partial charge in [0.25, 0.3) is 0 Å². The van der Waals surface area contributed by atoms with E-state index in [-0.39, 0.29) is 21.5 Å². The van der Waals surface area contributed by atoms with Gasteiger partial charge in [-0.05, 0) is 36.4 Å². The molecule has 0 unspecified atom stereocenters. The number of ether oxygens (including phenoxy) is 2. The van der Waals surface area contributed by atoms with E-state index in [1.165, 1.54) is 36.4 Å². The fourth-order valence-electron chi connectivity index (χ4n) is 1.54. The predicted molar refractivity (Wildman–Crippen MR) is 93.3 cm³/mol. The van der Waals surface area contributed by atoms with Gasteiger partial charge < -0.3 is 9.47 Å². The fraction of sp³-hybridized carbons (Fsp3) is 0. The van der Waals surface area contributed by atoms with Crippen molar-refractivity contribution < 1.29 is 19.1 Å². The Hall–Kier alpha value is -1.72. The number of esters is 2. The molecule has 0 radical (unpaired) electrons. The van der Waals surface area contributed by atoms with Gasteiger partial charge in [0.1, 0.15) is 11.5 Å². The molecular weight excluding hydrogens is 398 g/mol. The summed E-state index contributed by atoms with van der Waals surface area (Å²) in [5.74, 6) is -1.38. The van der Waals surface area contributed by atoms with E-state index in [0.29, 0.717) is 10.0 Å². The van der Waals surface area contributed by atoms with Crippen LogP contribution < -0.4 is 9.47 Å². The molecule has 24 heavy (non-hydrogen) atoms. The van der Waals surface area contributed by atoms with Gasteiger partial charge >= 0.3 is 11.9 Å². The Morgan fingerprint density at radius 1 is 0.708 bits per heavy atom. The number of carbonyl (C=O) groups is 2. The van der Waals surface area contributed by atoms with Gasteiger partial charge in [-0.15, -0.1) is 0 Å². The molecule has 8 heteroatoms. The normalized spacial score (nSPS) is 10.7. The molecule has 0 fully saturated rings. The van der Waals surface area contributed by atoms with E-state index in [4.69, 9.17) is 55.9 Å². The first-order chi connectivity index (χ1) is 11.3. The second kappa shape index (κ2) is 8.40. The van der Waals surface area contributed by atoms with Gasteiger partial charge in [-0.2, -0.15) is 0 Å². The summed E-state index contributed by atoms with van der Waals surface area (Å²) >= 11 is 23.2. The highest BCUT2D eigenvalue weighted by atomic mass is 35.5. The zero-order valence-electron chi connectivity index (χ0n) is 11.8. The summed E-state index contributed by atoms with van der Waals surface area (Å²) in [6, 6.07) is 8.73. The van der Waals surface area contributed by atoms with E-state index < -0.39 is 11.9 Å². The summed E-state index contributed by atoms with van der Waals surface area (Å²) in [6.07, 6.45) is 1.80. The Morgan fingerprint density at radius 3 is 1.42 bits per heavy atom. The van der Waals surface area contributed by atoms with Crippen LogP contribution in [0.15, 0.2) is 48.6 Å². The molecule has 0 aliphatic carbocycles. The SMILES string of the molecule is O=C(/C=C/C(=O)Oc1ccc(Cl)cc1Cl)Oc1ccc(Cl)cc1Cl. The van der Waals surface area contributed by atoms with Crippen LogP contribution in [0, 0.1) is 0 Å². The van der Waals surface area contributed by atoms with Crippen molar-refractivity contribution in [3.63, 3.8) is 0 Å². The summed E-state index contributed by atoms with van der Waals surface area (Å²) in [5, 5.41) is 1.14. The molecule has 0 spiro atoms. The highest BCUT2D eigenvalue weighted by Crippen LogP contribution is 2.28. The lowest BCUT2D eigenvalue weighted by atomic mass is 10.3. The minimum absolute atomic E-state index is 0.116. The molecule has 2 aromatic rings. The van der Waals surface area contributed by atoms with Crippen LogP contribution >= 0.6 is 46.4 Å². The minimum Gasteiger partial charge on any atom is -0.422 e. The summed E-state index contributed by atoms with van der Waals surface area (Å²) < 4.78 is 9.95. The van der Waals surface area contributed by atoms with Crippen LogP contribution in [-0.2, 0) is 9.59 Å². The maximum absolute atomic E-state index is 11.7. The third-order valence-corrected chi connectivity index (χ3v) is 3.63. The van der Waals surface area contributed by atoms with Gasteiger partial charge in [0.05, 0.1) is 10.0 Å². The van der Waals surface area contributed by atoms with E-state index in [1.807, 2.05) is 0 Å². The summed E-state index contributed by atoms with van der Waals surface area (Å²) in [4.78, 5) is 23.3. The molecule has 2 rings (SSSR count). The van der Waals surface area contributed by atoms with Gasteiger partial charge in [0.2, 0.25) is 0 Å². The van der Waals surface area contributed by atoms with Crippen molar-refractivity contribution in [2.45, 2.75) is 0 Å². The van der Waals surface area contributed by atoms with Gasteiger partial charge in [-0.1, -0.05) is 46.4 Å². The number of benzene rings is 2. The lowest BCUT2D eigenvalue weighted by Crippen LogP contribution is -2.08. The molecule has 0 bridgehead atoms. The van der Waals surface area contributed by atoms with Gasteiger partial charge in [0, 0.05) is 22.2 Å². The molecule has 0 heterocycles. The molecule has 2 aromatic carbocycles. The van der Waals surface area contributed by atoms with Crippen LogP contribution in [0.3, 0.4) is 0 Å². The van der Waals surface area contributed by atoms with Crippen LogP contribution in [0.5, 0.6) is 11.5 Å². The standard InChI is InChI=1S/C16H8Cl4O4/c17-9-1-3-13(11(19)7-9)23-15(21)5-6-16(22)24-14-4-2-10(18)8-12(14)20/h1-8H/b6-5+. The number of hydrogen-bond donors (Lipinski definition) is 0. The molecule has 0 saturated carbocycles. The summed E-state index contributed by atoms with van der Waals surface area (Å²) in [6.45, 7) is 0. The molecule has 0 saturated heterocycles. The first-order valence-electron chi connectivity index (χ1n) is 6.37. The average molecular weight is 406 g/mol. The third-order valence-electron chi connectivity index (χ3n) is 2.56. The molecule has 0 amide bonds. The van der Waals surface area contributed by atoms with Gasteiger partial charge in [0.15, 0.2) is 0 Å². The van der Waals surface area contributed by atoms with Crippen molar-refractivity contribution in [2.24, 2.45) is 0 Å². The van der Waals surface area contributed by atoms with Crippen molar-refractivity contribution in [2.75, 3.05) is 0 Å². The number of halogens is 4. The molecule has 0 aliphatic rings. The van der Waals surface area contributed by atoms with Crippen LogP contribution in [0.2, 0.25) is 20.1 Å². The Kier molecular flexibility index (Phi) is 6.52. The van der Waals surface area contributed by atoms with Gasteiger partial charge in [-0.25, -0.2) is 9.59 Å². The Balaban J connectivity index is 1.96. The smallest absolute Gasteiger partial charge is 0.336 e. The number of carbonyl (C=O) groups excluding carboxylic acids is 2. The quantitative estimate of drug-likeness (QED) is 0.390. The molecule has 4 nitrogen and oxygen atoms in total. The van der Waals surface area contributed by atoms with Crippen LogP contribution in [0.25, 0.3) is 0 Å². The molecule has 0 atom stereocenters. The van der Waals surface area contributed by atoms with Crippen molar-refractivity contribution in [1.29, 1.82) is 0 Å². The molecule has 0 aromatic heterocycles. The summed E-state index contributed by atoms with van der Waals surface area (Å²) in [5.41, 5.74) is 0. The Morgan fingerprint density at radius 2 is 1.08 bits per heavy atom. The van der Waals surface area contributed by atoms with E-state index in [0.717, 1.165) is 12.2 Å². The third kappa shape index (κ3) is 5.42. The van der Waals surface area contributed by atoms with Gasteiger partial charge in [-0.3, -0.25) is 0 Å². The second-order valence-corrected chi connectivity index (χ2v) is 6.01. The largest absolute Gasteiger partial charge is 0.422 e. The number of hydrogen-bond acceptors (Lipinski definition) is 4.